The molecule has 12 aromatic heterocycles. The zero-order valence-electron chi connectivity index (χ0n) is 84.0. The highest BCUT2D eigenvalue weighted by molar-refractivity contribution is 5.77. The lowest BCUT2D eigenvalue weighted by atomic mass is 9.83. The summed E-state index contributed by atoms with van der Waals surface area (Å²) in [7, 11) is 0. The van der Waals surface area contributed by atoms with Crippen molar-refractivity contribution in [2.75, 3.05) is 52.4 Å². The van der Waals surface area contributed by atoms with Gasteiger partial charge in [-0.25, -0.2) is 75.6 Å². The van der Waals surface area contributed by atoms with Gasteiger partial charge in [0.1, 0.15) is 73.0 Å². The van der Waals surface area contributed by atoms with Crippen LogP contribution in [0.15, 0.2) is 151 Å². The van der Waals surface area contributed by atoms with Crippen molar-refractivity contribution < 1.29 is 35.5 Å². The van der Waals surface area contributed by atoms with Crippen LogP contribution in [0.5, 0.6) is 5.75 Å². The van der Waals surface area contributed by atoms with E-state index in [1.54, 1.807) is 60.9 Å². The maximum absolute atomic E-state index is 13.4. The molecule has 3 aliphatic heterocycles. The number of aromatic amines is 6. The van der Waals surface area contributed by atoms with Crippen LogP contribution in [0.3, 0.4) is 0 Å². The third-order valence-electron chi connectivity index (χ3n) is 30.5. The third kappa shape index (κ3) is 26.1. The summed E-state index contributed by atoms with van der Waals surface area (Å²) in [5.74, 6) is 0.0683. The Morgan fingerprint density at radius 3 is 0.905 bits per heavy atom. The summed E-state index contributed by atoms with van der Waals surface area (Å²) < 4.78 is 107. The van der Waals surface area contributed by atoms with Gasteiger partial charge in [-0.05, 0) is 125 Å². The number of H-pyrrole nitrogens is 6. The number of ether oxygens (including phenoxy) is 1. The first-order chi connectivity index (χ1) is 71.6. The highest BCUT2D eigenvalue weighted by Gasteiger charge is 2.37. The molecule has 0 spiro atoms. The highest BCUT2D eigenvalue weighted by Crippen LogP contribution is 2.38. The third-order valence-corrected chi connectivity index (χ3v) is 30.5. The second kappa shape index (κ2) is 46.8. The van der Waals surface area contributed by atoms with Gasteiger partial charge in [0.25, 0.3) is 45.2 Å². The highest BCUT2D eigenvalue weighted by atomic mass is 19.4. The van der Waals surface area contributed by atoms with Crippen molar-refractivity contribution in [1.82, 2.24) is 134 Å². The molecule has 6 aliphatic carbocycles. The van der Waals surface area contributed by atoms with Crippen molar-refractivity contribution in [3.8, 4) is 5.75 Å². The predicted molar refractivity (Wildman–Crippen MR) is 549 cm³/mol. The topological polar surface area (TPSA) is 409 Å². The average Bonchev–Trinajstić information content (AvgIpc) is 1.64. The van der Waals surface area contributed by atoms with Crippen molar-refractivity contribution in [2.45, 2.75) is 306 Å². The minimum Gasteiger partial charge on any atom is -0.405 e. The van der Waals surface area contributed by atoms with E-state index in [1.165, 1.54) is 140 Å². The maximum atomic E-state index is 13.4. The molecule has 0 radical (unpaired) electrons. The molecule has 9 aliphatic rings. The quantitative estimate of drug-likeness (QED) is 0.0292. The van der Waals surface area contributed by atoms with Crippen molar-refractivity contribution >= 4 is 66.2 Å². The zero-order valence-corrected chi connectivity index (χ0v) is 84.0. The molecule has 3 aromatic carbocycles. The van der Waals surface area contributed by atoms with Crippen LogP contribution >= 0.6 is 0 Å². The number of piperidine rings is 2. The average molecular weight is 2040 g/mol. The van der Waals surface area contributed by atoms with Gasteiger partial charge in [0.05, 0.1) is 86.5 Å². The summed E-state index contributed by atoms with van der Waals surface area (Å²) in [5, 5.41) is 32.9. The van der Waals surface area contributed by atoms with Crippen LogP contribution in [0, 0.1) is 17.8 Å². The molecule has 0 bridgehead atoms. The summed E-state index contributed by atoms with van der Waals surface area (Å²) in [5.41, 5.74) is 5.48. The van der Waals surface area contributed by atoms with Gasteiger partial charge in [-0.3, -0.25) is 38.6 Å². The molecule has 7 N–H and O–H groups in total. The van der Waals surface area contributed by atoms with E-state index in [0.29, 0.717) is 147 Å². The van der Waals surface area contributed by atoms with Crippen molar-refractivity contribution in [1.29, 1.82) is 0 Å². The van der Waals surface area contributed by atoms with E-state index in [2.05, 4.69) is 85.5 Å². The first kappa shape index (κ1) is 104. The van der Waals surface area contributed by atoms with Crippen LogP contribution in [-0.4, -0.2) is 199 Å². The number of para-hydroxylation sites is 1. The number of alkyl halides is 7. The lowest BCUT2D eigenvalue weighted by Crippen LogP contribution is -2.42. The Bertz CT molecular complexity index is 7370. The molecule has 0 amide bonds. The molecular weight excluding hydrogens is 1910 g/mol. The van der Waals surface area contributed by atoms with Gasteiger partial charge in [0.2, 0.25) is 0 Å². The number of benzene rings is 3. The van der Waals surface area contributed by atoms with Gasteiger partial charge in [0, 0.05) is 77.6 Å². The number of nitrogens with zero attached hydrogens (tertiary/aromatic N) is 20. The van der Waals surface area contributed by atoms with Gasteiger partial charge in [-0.15, -0.1) is 13.2 Å². The van der Waals surface area contributed by atoms with Crippen LogP contribution in [0.1, 0.15) is 301 Å². The molecule has 148 heavy (non-hydrogen) atoms. The molecule has 3 unspecified atom stereocenters. The van der Waals surface area contributed by atoms with Crippen LogP contribution in [0.4, 0.5) is 30.7 Å². The second-order valence-electron chi connectivity index (χ2n) is 42.1. The number of aromatic nitrogens is 24. The Kier molecular flexibility index (Phi) is 32.7. The molecular formula is C107H132F7N27O7. The van der Waals surface area contributed by atoms with Crippen molar-refractivity contribution in [3.05, 3.63) is 236 Å². The van der Waals surface area contributed by atoms with Crippen LogP contribution < -0.4 is 43.4 Å². The smallest absolute Gasteiger partial charge is 0.405 e. The van der Waals surface area contributed by atoms with Gasteiger partial charge in [0.15, 0.2) is 33.9 Å². The Morgan fingerprint density at radius 1 is 0.311 bits per heavy atom. The summed E-state index contributed by atoms with van der Waals surface area (Å²) in [4.78, 5) is 123. The SMILES string of the molecule is CC(F)(F)CN1CCCC(n2ncc3c(=O)[nH]c(CC4CCC4)nc32)C1.CC(F)(F)CN1CCCC(n2ncc3c(=O)[nH]c(CC4CCCC4)nc32)C1.O=c1[nH]c(CC2CCCC2)nc2c1cnn2C1CCCCC1.O=c1[nH]c(Cc2ccccc2)nc2c1cnn2C1CCCCC1.O=c1[nH]c(Cc2ccccc2)nc2c1cnn2C1CCNC1.O=c1[nH]c(Cc2ccccc2OC(F)(F)F)nc2c1cnn2C1CCCCC1. The number of nitrogens with one attached hydrogen (secondary N) is 7. The molecule has 15 heterocycles. The van der Waals surface area contributed by atoms with E-state index < -0.39 is 18.2 Å². The molecule has 786 valence electrons. The molecule has 6 saturated carbocycles. The Morgan fingerprint density at radius 2 is 0.595 bits per heavy atom. The first-order valence-corrected chi connectivity index (χ1v) is 53.2. The molecule has 41 heteroatoms. The maximum Gasteiger partial charge on any atom is 0.573 e. The van der Waals surface area contributed by atoms with E-state index in [9.17, 15) is 59.5 Å². The van der Waals surface area contributed by atoms with Crippen molar-refractivity contribution in [3.63, 3.8) is 0 Å². The van der Waals surface area contributed by atoms with E-state index in [4.69, 9.17) is 15.0 Å². The molecule has 24 rings (SSSR count). The van der Waals surface area contributed by atoms with Crippen LogP contribution in [0.2, 0.25) is 0 Å². The summed E-state index contributed by atoms with van der Waals surface area (Å²) in [6, 6.07) is 27.1. The zero-order chi connectivity index (χ0) is 103. The standard InChI is InChI=1S/C19H19F3N4O2.C19H27F2N5O.C18H25F2N5O.C18H20N4O.C17H24N4O.C16H17N5O/c20-19(21,22)28-15-9-5-4-6-12(15)10-16-24-17-14(18(27)25-16)11-23-26(17)13-7-2-1-3-8-13;1-19(20,21)12-25-8-4-7-14(11-25)26-17-15(10-22-26)18(27)24-16(23-17)9-13-5-2-3-6-13;1-18(19,20)11-24-7-3-6-13(10-24)25-16-14(9-21-25)17(26)23-15(22-16)8-12-4-2-5-12;23-18-15-12-19-22(14-9-5-2-6-10-14)17(15)20-16(21-18)11-13-7-3-1-4-8-13;22-17-14-11-18-21(13-8-2-1-3-9-13)16(14)19-15(20-17)10-12-6-4-5-7-12;22-16-13-10-18-21(12-6-7-17-9-12)15(13)19-14(20-16)8-11-4-2-1-3-5-11/h4-6,9,11,13H,1-3,7-8,10H2,(H,24,25,27);10,13-14H,2-9,11-12H2,1H3,(H,23,24,27);9,12-13H,2-8,10-11H2,1H3,(H,22,23,26);1,3-4,7-8,12,14H,2,5-6,9-11H2,(H,20,21,23);11-13H,1-10H2,(H,19,20,22);1-5,10,12,17H,6-9H2,(H,19,20,22). The largest absolute Gasteiger partial charge is 0.573 e. The van der Waals surface area contributed by atoms with Crippen LogP contribution in [0.25, 0.3) is 66.2 Å². The molecule has 3 atom stereocenters. The fraction of sp³-hybridized carbons (Fsp3) is 0.551. The summed E-state index contributed by atoms with van der Waals surface area (Å²) in [6.45, 7) is 5.61. The lowest BCUT2D eigenvalue weighted by molar-refractivity contribution is -0.274. The molecule has 34 nitrogen and oxygen atoms in total. The Labute approximate surface area is 848 Å². The Balaban J connectivity index is 0.000000112. The van der Waals surface area contributed by atoms with E-state index >= 15 is 0 Å². The van der Waals surface area contributed by atoms with Crippen LogP contribution in [-0.2, 0) is 38.5 Å². The Hall–Kier alpha value is -13.1. The van der Waals surface area contributed by atoms with Gasteiger partial charge in [-0.1, -0.05) is 207 Å². The monoisotopic (exact) mass is 2040 g/mol. The first-order valence-electron chi connectivity index (χ1n) is 53.2. The normalized spacial score (nSPS) is 19.4. The second-order valence-corrected chi connectivity index (χ2v) is 42.1. The van der Waals surface area contributed by atoms with Gasteiger partial charge >= 0.3 is 6.36 Å². The summed E-state index contributed by atoms with van der Waals surface area (Å²) >= 11 is 0. The number of rotatable bonds is 23. The predicted octanol–water partition coefficient (Wildman–Crippen LogP) is 17.8. The fourth-order valence-electron chi connectivity index (χ4n) is 23.0. The summed E-state index contributed by atoms with van der Waals surface area (Å²) in [6.07, 6.45) is 44.0. The fourth-order valence-corrected chi connectivity index (χ4v) is 23.0. The van der Waals surface area contributed by atoms with Gasteiger partial charge in [-0.2, -0.15) is 30.6 Å². The number of fused-ring (bicyclic) bond motifs is 6. The number of hydrogen-bond donors (Lipinski definition) is 7. The molecule has 15 aromatic rings. The minimum atomic E-state index is -4.79. The van der Waals surface area contributed by atoms with E-state index in [1.807, 2.05) is 74.7 Å². The van der Waals surface area contributed by atoms with Gasteiger partial charge < -0.3 is 40.0 Å². The lowest BCUT2D eigenvalue weighted by Gasteiger charge is -2.34. The minimum absolute atomic E-state index is 0.00722. The number of halogens is 7. The van der Waals surface area contributed by atoms with E-state index in [0.717, 1.165) is 158 Å². The van der Waals surface area contributed by atoms with E-state index in [-0.39, 0.29) is 94.2 Å². The molecule has 3 saturated heterocycles. The number of likely N-dealkylation sites (tertiary alicyclic amines) is 2. The molecule has 9 fully saturated rings. The number of hydrogen-bond acceptors (Lipinski definition) is 22. The van der Waals surface area contributed by atoms with Crippen molar-refractivity contribution in [2.24, 2.45) is 17.8 Å².